The van der Waals surface area contributed by atoms with E-state index in [1.54, 1.807) is 6.92 Å². The predicted molar refractivity (Wildman–Crippen MR) is 53.3 cm³/mol. The third kappa shape index (κ3) is 2.25. The highest BCUT2D eigenvalue weighted by atomic mass is 16.5. The van der Waals surface area contributed by atoms with Crippen molar-refractivity contribution < 1.29 is 14.6 Å². The van der Waals surface area contributed by atoms with Crippen molar-refractivity contribution in [3.63, 3.8) is 0 Å². The number of hydrogen-bond acceptors (Lipinski definition) is 3. The lowest BCUT2D eigenvalue weighted by molar-refractivity contribution is -0.148. The van der Waals surface area contributed by atoms with Crippen LogP contribution in [0.1, 0.15) is 26.7 Å². The van der Waals surface area contributed by atoms with Crippen LogP contribution in [0.3, 0.4) is 0 Å². The van der Waals surface area contributed by atoms with E-state index in [2.05, 4.69) is 0 Å². The molecule has 1 saturated heterocycles. The fourth-order valence-corrected chi connectivity index (χ4v) is 1.94. The van der Waals surface area contributed by atoms with Crippen LogP contribution < -0.4 is 0 Å². The van der Waals surface area contributed by atoms with Crippen molar-refractivity contribution in [2.24, 2.45) is 0 Å². The minimum Gasteiger partial charge on any atom is -0.480 e. The van der Waals surface area contributed by atoms with Crippen LogP contribution in [-0.4, -0.2) is 47.8 Å². The minimum absolute atomic E-state index is 0.624. The second-order valence-corrected chi connectivity index (χ2v) is 3.87. The minimum atomic E-state index is -0.716. The van der Waals surface area contributed by atoms with Crippen LogP contribution in [0.4, 0.5) is 0 Å². The molecule has 0 aromatic heterocycles. The van der Waals surface area contributed by atoms with E-state index in [9.17, 15) is 4.79 Å². The molecule has 1 fully saturated rings. The molecule has 82 valence electrons. The zero-order valence-corrected chi connectivity index (χ0v) is 8.95. The Morgan fingerprint density at radius 3 is 2.93 bits per heavy atom. The molecule has 1 N–H and O–H groups in total. The number of carboxylic acids is 1. The molecule has 1 atom stereocenters. The van der Waals surface area contributed by atoms with Gasteiger partial charge in [-0.25, -0.2) is 0 Å². The maximum atomic E-state index is 11.1. The van der Waals surface area contributed by atoms with Crippen molar-refractivity contribution in [1.82, 2.24) is 4.90 Å². The molecule has 0 spiro atoms. The highest BCUT2D eigenvalue weighted by Crippen LogP contribution is 2.28. The summed E-state index contributed by atoms with van der Waals surface area (Å²) in [5.74, 6) is -0.716. The van der Waals surface area contributed by atoms with Gasteiger partial charge in [0.15, 0.2) is 0 Å². The first-order valence-corrected chi connectivity index (χ1v) is 5.17. The maximum absolute atomic E-state index is 11.1. The summed E-state index contributed by atoms with van der Waals surface area (Å²) in [5, 5.41) is 9.12. The Morgan fingerprint density at radius 1 is 1.64 bits per heavy atom. The number of likely N-dealkylation sites (tertiary alicyclic amines) is 1. The first-order chi connectivity index (χ1) is 6.61. The van der Waals surface area contributed by atoms with Crippen LogP contribution in [0.5, 0.6) is 0 Å². The lowest BCUT2D eigenvalue weighted by Crippen LogP contribution is -2.49. The zero-order valence-electron chi connectivity index (χ0n) is 8.95. The molecule has 0 amide bonds. The number of carbonyl (C=O) groups is 1. The Balaban J connectivity index is 2.46. The average Bonchev–Trinajstić information content (AvgIpc) is 2.50. The first-order valence-electron chi connectivity index (χ1n) is 5.17. The zero-order chi connectivity index (χ0) is 10.6. The molecule has 0 radical (unpaired) electrons. The van der Waals surface area contributed by atoms with Crippen LogP contribution in [0.25, 0.3) is 0 Å². The van der Waals surface area contributed by atoms with Crippen molar-refractivity contribution in [2.75, 3.05) is 26.3 Å². The van der Waals surface area contributed by atoms with E-state index in [1.807, 2.05) is 11.8 Å². The largest absolute Gasteiger partial charge is 0.480 e. The number of rotatable bonds is 5. The number of ether oxygens (including phenoxy) is 1. The van der Waals surface area contributed by atoms with Gasteiger partial charge in [-0.2, -0.15) is 0 Å². The summed E-state index contributed by atoms with van der Waals surface area (Å²) in [6.45, 7) is 6.65. The van der Waals surface area contributed by atoms with Gasteiger partial charge in [0.1, 0.15) is 5.54 Å². The fourth-order valence-electron chi connectivity index (χ4n) is 1.94. The number of hydrogen-bond donors (Lipinski definition) is 1. The molecular weight excluding hydrogens is 182 g/mol. The van der Waals surface area contributed by atoms with Crippen LogP contribution in [0.15, 0.2) is 0 Å². The van der Waals surface area contributed by atoms with Gasteiger partial charge in [0, 0.05) is 13.2 Å². The van der Waals surface area contributed by atoms with Gasteiger partial charge in [-0.15, -0.1) is 0 Å². The Morgan fingerprint density at radius 2 is 2.36 bits per heavy atom. The van der Waals surface area contributed by atoms with Gasteiger partial charge in [0.05, 0.1) is 6.61 Å². The highest BCUT2D eigenvalue weighted by molar-refractivity contribution is 5.78. The molecule has 0 saturated carbocycles. The highest BCUT2D eigenvalue weighted by Gasteiger charge is 2.42. The second kappa shape index (κ2) is 4.75. The SMILES string of the molecule is CCOCCN1CCCC1(C)C(=O)O. The van der Waals surface area contributed by atoms with Gasteiger partial charge < -0.3 is 9.84 Å². The summed E-state index contributed by atoms with van der Waals surface area (Å²) in [5.41, 5.74) is -0.670. The van der Waals surface area contributed by atoms with Gasteiger partial charge in [-0.1, -0.05) is 0 Å². The van der Waals surface area contributed by atoms with E-state index in [-0.39, 0.29) is 0 Å². The van der Waals surface area contributed by atoms with Gasteiger partial charge in [0.2, 0.25) is 0 Å². The standard InChI is InChI=1S/C10H19NO3/c1-3-14-8-7-11-6-4-5-10(11,2)9(12)13/h3-8H2,1-2H3,(H,12,13). The third-order valence-corrected chi connectivity index (χ3v) is 2.96. The lowest BCUT2D eigenvalue weighted by Gasteiger charge is -2.30. The molecule has 1 unspecified atom stereocenters. The van der Waals surface area contributed by atoms with E-state index in [0.717, 1.165) is 25.9 Å². The van der Waals surface area contributed by atoms with Crippen molar-refractivity contribution in [3.05, 3.63) is 0 Å². The van der Waals surface area contributed by atoms with Crippen LogP contribution in [-0.2, 0) is 9.53 Å². The van der Waals surface area contributed by atoms with Gasteiger partial charge in [-0.3, -0.25) is 9.69 Å². The van der Waals surface area contributed by atoms with Gasteiger partial charge >= 0.3 is 5.97 Å². The molecule has 4 heteroatoms. The molecule has 14 heavy (non-hydrogen) atoms. The average molecular weight is 201 g/mol. The van der Waals surface area contributed by atoms with Gasteiger partial charge in [-0.05, 0) is 33.2 Å². The van der Waals surface area contributed by atoms with E-state index in [4.69, 9.17) is 9.84 Å². The smallest absolute Gasteiger partial charge is 0.323 e. The molecule has 0 bridgehead atoms. The van der Waals surface area contributed by atoms with E-state index >= 15 is 0 Å². The number of carboxylic acid groups (broad SMARTS) is 1. The quantitative estimate of drug-likeness (QED) is 0.673. The van der Waals surface area contributed by atoms with E-state index < -0.39 is 11.5 Å². The van der Waals surface area contributed by atoms with E-state index in [1.165, 1.54) is 0 Å². The summed E-state index contributed by atoms with van der Waals surface area (Å²) in [6, 6.07) is 0. The van der Waals surface area contributed by atoms with Crippen molar-refractivity contribution in [3.8, 4) is 0 Å². The molecule has 1 heterocycles. The predicted octanol–water partition coefficient (Wildman–Crippen LogP) is 0.962. The molecule has 4 nitrogen and oxygen atoms in total. The fraction of sp³-hybridized carbons (Fsp3) is 0.900. The Hall–Kier alpha value is -0.610. The summed E-state index contributed by atoms with van der Waals surface area (Å²) in [4.78, 5) is 13.1. The summed E-state index contributed by atoms with van der Waals surface area (Å²) in [7, 11) is 0. The Kier molecular flexibility index (Phi) is 3.89. The molecule has 1 aliphatic rings. The normalized spacial score (nSPS) is 28.1. The van der Waals surface area contributed by atoms with Crippen LogP contribution in [0.2, 0.25) is 0 Å². The number of aliphatic carboxylic acids is 1. The molecule has 1 aliphatic heterocycles. The van der Waals surface area contributed by atoms with Crippen molar-refractivity contribution in [2.45, 2.75) is 32.2 Å². The summed E-state index contributed by atoms with van der Waals surface area (Å²) in [6.07, 6.45) is 1.71. The summed E-state index contributed by atoms with van der Waals surface area (Å²) < 4.78 is 5.23. The molecular formula is C10H19NO3. The lowest BCUT2D eigenvalue weighted by atomic mass is 9.99. The Bertz CT molecular complexity index is 208. The molecule has 1 rings (SSSR count). The van der Waals surface area contributed by atoms with Crippen LogP contribution >= 0.6 is 0 Å². The maximum Gasteiger partial charge on any atom is 0.323 e. The number of nitrogens with zero attached hydrogens (tertiary/aromatic N) is 1. The van der Waals surface area contributed by atoms with Gasteiger partial charge in [0.25, 0.3) is 0 Å². The second-order valence-electron chi connectivity index (χ2n) is 3.87. The van der Waals surface area contributed by atoms with E-state index in [0.29, 0.717) is 13.2 Å². The topological polar surface area (TPSA) is 49.8 Å². The van der Waals surface area contributed by atoms with Crippen molar-refractivity contribution >= 4 is 5.97 Å². The monoisotopic (exact) mass is 201 g/mol. The molecule has 0 aromatic carbocycles. The first kappa shape index (κ1) is 11.5. The third-order valence-electron chi connectivity index (χ3n) is 2.96. The molecule has 0 aliphatic carbocycles. The van der Waals surface area contributed by atoms with Crippen LogP contribution in [0, 0.1) is 0 Å². The summed E-state index contributed by atoms with van der Waals surface area (Å²) >= 11 is 0. The Labute approximate surface area is 84.8 Å². The molecule has 0 aromatic rings. The van der Waals surface area contributed by atoms with Crippen molar-refractivity contribution in [1.29, 1.82) is 0 Å².